The molecule has 0 fully saturated rings. The summed E-state index contributed by atoms with van der Waals surface area (Å²) in [6.07, 6.45) is 2.21. The lowest BCUT2D eigenvalue weighted by atomic mass is 10.2. The first-order valence-electron chi connectivity index (χ1n) is 5.83. The van der Waals surface area contributed by atoms with Crippen LogP contribution in [0.4, 0.5) is 10.6 Å². The molecule has 110 valence electrons. The molecule has 0 spiro atoms. The Morgan fingerprint density at radius 2 is 2.10 bits per heavy atom. The largest absolute Gasteiger partial charge is 0.481 e. The maximum atomic E-state index is 11.7. The Bertz CT molecular complexity index is 514. The maximum absolute atomic E-state index is 11.7. The highest BCUT2D eigenvalue weighted by molar-refractivity contribution is 7.98. The predicted molar refractivity (Wildman–Crippen MR) is 75.0 cm³/mol. The Morgan fingerprint density at radius 3 is 2.60 bits per heavy atom. The summed E-state index contributed by atoms with van der Waals surface area (Å²) in [4.78, 5) is 30.6. The number of rotatable bonds is 4. The molecule has 1 amide bonds. The third-order valence-electron chi connectivity index (χ3n) is 1.99. The first kappa shape index (κ1) is 16.2. The van der Waals surface area contributed by atoms with Crippen LogP contribution in [0.1, 0.15) is 26.3 Å². The number of ether oxygens (including phenoxy) is 1. The lowest BCUT2D eigenvalue weighted by Crippen LogP contribution is -2.28. The highest BCUT2D eigenvalue weighted by Gasteiger charge is 2.19. The van der Waals surface area contributed by atoms with Gasteiger partial charge in [-0.05, 0) is 27.0 Å². The van der Waals surface area contributed by atoms with Gasteiger partial charge in [-0.25, -0.2) is 14.8 Å². The topological polar surface area (TPSA) is 101 Å². The normalized spacial score (nSPS) is 11.0. The fourth-order valence-electron chi connectivity index (χ4n) is 1.29. The summed E-state index contributed by atoms with van der Waals surface area (Å²) in [5, 5.41) is 11.7. The van der Waals surface area contributed by atoms with Gasteiger partial charge in [0.05, 0.1) is 6.42 Å². The van der Waals surface area contributed by atoms with Crippen molar-refractivity contribution in [2.24, 2.45) is 0 Å². The summed E-state index contributed by atoms with van der Waals surface area (Å²) in [5.41, 5.74) is -0.326. The number of amides is 1. The van der Waals surface area contributed by atoms with E-state index in [4.69, 9.17) is 9.84 Å². The van der Waals surface area contributed by atoms with Crippen molar-refractivity contribution in [1.82, 2.24) is 9.97 Å². The minimum Gasteiger partial charge on any atom is -0.481 e. The number of carboxylic acids is 1. The molecule has 1 rings (SSSR count). The van der Waals surface area contributed by atoms with E-state index in [0.717, 1.165) is 0 Å². The second kappa shape index (κ2) is 6.56. The van der Waals surface area contributed by atoms with Gasteiger partial charge in [0.15, 0.2) is 5.16 Å². The van der Waals surface area contributed by atoms with Gasteiger partial charge in [0.25, 0.3) is 0 Å². The summed E-state index contributed by atoms with van der Waals surface area (Å²) in [5.74, 6) is -0.876. The van der Waals surface area contributed by atoms with Crippen molar-refractivity contribution >= 4 is 29.6 Å². The quantitative estimate of drug-likeness (QED) is 0.649. The molecule has 0 saturated carbocycles. The smallest absolute Gasteiger partial charge is 0.413 e. The van der Waals surface area contributed by atoms with E-state index in [1.807, 2.05) is 0 Å². The number of hydrogen-bond donors (Lipinski definition) is 2. The Kier molecular flexibility index (Phi) is 5.32. The molecule has 0 aromatic carbocycles. The molecule has 1 heterocycles. The zero-order valence-electron chi connectivity index (χ0n) is 11.8. The van der Waals surface area contributed by atoms with Gasteiger partial charge in [0.1, 0.15) is 11.4 Å². The van der Waals surface area contributed by atoms with E-state index in [-0.39, 0.29) is 12.2 Å². The zero-order chi connectivity index (χ0) is 15.3. The number of carbonyl (C=O) groups is 2. The summed E-state index contributed by atoms with van der Waals surface area (Å²) in [7, 11) is 0. The van der Waals surface area contributed by atoms with Crippen molar-refractivity contribution in [2.45, 2.75) is 37.9 Å². The van der Waals surface area contributed by atoms with Crippen LogP contribution in [0.25, 0.3) is 0 Å². The van der Waals surface area contributed by atoms with E-state index in [0.29, 0.717) is 10.7 Å². The minimum atomic E-state index is -1.03. The van der Waals surface area contributed by atoms with E-state index in [9.17, 15) is 9.59 Å². The molecule has 0 aliphatic rings. The average molecular weight is 299 g/mol. The molecule has 0 atom stereocenters. The third kappa shape index (κ3) is 5.43. The monoisotopic (exact) mass is 299 g/mol. The Morgan fingerprint density at radius 1 is 1.45 bits per heavy atom. The number of aromatic nitrogens is 2. The van der Waals surface area contributed by atoms with Gasteiger partial charge in [-0.2, -0.15) is 0 Å². The fourth-order valence-corrected chi connectivity index (χ4v) is 1.63. The van der Waals surface area contributed by atoms with Gasteiger partial charge in [0, 0.05) is 11.8 Å². The molecule has 20 heavy (non-hydrogen) atoms. The molecule has 0 bridgehead atoms. The molecule has 2 N–H and O–H groups in total. The van der Waals surface area contributed by atoms with Crippen LogP contribution in [0.2, 0.25) is 0 Å². The van der Waals surface area contributed by atoms with Crippen LogP contribution in [-0.2, 0) is 16.0 Å². The highest BCUT2D eigenvalue weighted by atomic mass is 32.2. The number of nitrogens with one attached hydrogen (secondary N) is 1. The van der Waals surface area contributed by atoms with Crippen LogP contribution in [0.5, 0.6) is 0 Å². The molecule has 1 aromatic rings. The molecule has 8 heteroatoms. The Hall–Kier alpha value is -1.83. The third-order valence-corrected chi connectivity index (χ3v) is 2.55. The highest BCUT2D eigenvalue weighted by Crippen LogP contribution is 2.18. The molecular weight excluding hydrogens is 282 g/mol. The van der Waals surface area contributed by atoms with E-state index >= 15 is 0 Å². The summed E-state index contributed by atoms with van der Waals surface area (Å²) >= 11 is 1.29. The van der Waals surface area contributed by atoms with Crippen LogP contribution >= 0.6 is 11.8 Å². The Balaban J connectivity index is 2.95. The van der Waals surface area contributed by atoms with Gasteiger partial charge in [-0.3, -0.25) is 10.1 Å². The first-order valence-corrected chi connectivity index (χ1v) is 7.05. The zero-order valence-corrected chi connectivity index (χ0v) is 12.6. The number of anilines is 1. The summed E-state index contributed by atoms with van der Waals surface area (Å²) in [6.45, 7) is 5.20. The van der Waals surface area contributed by atoms with Gasteiger partial charge in [0.2, 0.25) is 0 Å². The van der Waals surface area contributed by atoms with Crippen molar-refractivity contribution in [3.05, 3.63) is 11.8 Å². The van der Waals surface area contributed by atoms with Crippen molar-refractivity contribution in [1.29, 1.82) is 0 Å². The molecular formula is C12H17N3O4S. The molecule has 0 saturated heterocycles. The van der Waals surface area contributed by atoms with Crippen LogP contribution in [-0.4, -0.2) is 39.0 Å². The molecule has 1 aromatic heterocycles. The standard InChI is InChI=1S/C12H17N3O4S/c1-12(2,3)19-11(18)15-9-7(5-8(16)17)6-13-10(14-9)20-4/h6H,5H2,1-4H3,(H,16,17)(H,13,14,15,18). The van der Waals surface area contributed by atoms with E-state index < -0.39 is 17.7 Å². The van der Waals surface area contributed by atoms with Crippen molar-refractivity contribution < 1.29 is 19.4 Å². The second-order valence-electron chi connectivity index (χ2n) is 4.93. The maximum Gasteiger partial charge on any atom is 0.413 e. The number of aliphatic carboxylic acids is 1. The number of carbonyl (C=O) groups excluding carboxylic acids is 1. The van der Waals surface area contributed by atoms with E-state index in [2.05, 4.69) is 15.3 Å². The average Bonchev–Trinajstić information content (AvgIpc) is 2.28. The SMILES string of the molecule is CSc1ncc(CC(=O)O)c(NC(=O)OC(C)(C)C)n1. The molecule has 0 aliphatic carbocycles. The van der Waals surface area contributed by atoms with E-state index in [1.54, 1.807) is 27.0 Å². The fraction of sp³-hybridized carbons (Fsp3) is 0.500. The summed E-state index contributed by atoms with van der Waals surface area (Å²) < 4.78 is 5.11. The molecule has 7 nitrogen and oxygen atoms in total. The second-order valence-corrected chi connectivity index (χ2v) is 5.70. The summed E-state index contributed by atoms with van der Waals surface area (Å²) in [6, 6.07) is 0. The van der Waals surface area contributed by atoms with Gasteiger partial charge < -0.3 is 9.84 Å². The van der Waals surface area contributed by atoms with Crippen LogP contribution in [0.3, 0.4) is 0 Å². The first-order chi connectivity index (χ1) is 9.21. The minimum absolute atomic E-state index is 0.154. The lowest BCUT2D eigenvalue weighted by Gasteiger charge is -2.20. The van der Waals surface area contributed by atoms with Crippen molar-refractivity contribution in [3.8, 4) is 0 Å². The van der Waals surface area contributed by atoms with Crippen LogP contribution in [0, 0.1) is 0 Å². The number of thioether (sulfide) groups is 1. The molecule has 0 aliphatic heterocycles. The van der Waals surface area contributed by atoms with Crippen molar-refractivity contribution in [2.75, 3.05) is 11.6 Å². The Labute approximate surface area is 121 Å². The molecule has 0 unspecified atom stereocenters. The number of hydrogen-bond acceptors (Lipinski definition) is 6. The number of nitrogens with zero attached hydrogens (tertiary/aromatic N) is 2. The van der Waals surface area contributed by atoms with Crippen LogP contribution in [0.15, 0.2) is 11.4 Å². The predicted octanol–water partition coefficient (Wildman–Crippen LogP) is 2.17. The van der Waals surface area contributed by atoms with Gasteiger partial charge >= 0.3 is 12.1 Å². The van der Waals surface area contributed by atoms with Crippen molar-refractivity contribution in [3.63, 3.8) is 0 Å². The van der Waals surface area contributed by atoms with E-state index in [1.165, 1.54) is 18.0 Å². The van der Waals surface area contributed by atoms with Gasteiger partial charge in [-0.15, -0.1) is 0 Å². The number of carboxylic acid groups (broad SMARTS) is 1. The molecule has 0 radical (unpaired) electrons. The van der Waals surface area contributed by atoms with Gasteiger partial charge in [-0.1, -0.05) is 11.8 Å². The lowest BCUT2D eigenvalue weighted by molar-refractivity contribution is -0.136. The van der Waals surface area contributed by atoms with Crippen LogP contribution < -0.4 is 5.32 Å².